The first kappa shape index (κ1) is 19.4. The fourth-order valence-electron chi connectivity index (χ4n) is 3.24. The van der Waals surface area contributed by atoms with Gasteiger partial charge >= 0.3 is 0 Å². The first-order valence-corrected chi connectivity index (χ1v) is 10.3. The molecule has 1 fully saturated rings. The summed E-state index contributed by atoms with van der Waals surface area (Å²) in [5.41, 5.74) is 1.92. The van der Waals surface area contributed by atoms with Gasteiger partial charge in [-0.15, -0.1) is 0 Å². The van der Waals surface area contributed by atoms with E-state index in [-0.39, 0.29) is 17.2 Å². The molecule has 1 aliphatic heterocycles. The van der Waals surface area contributed by atoms with E-state index in [9.17, 15) is 13.2 Å². The Hall–Kier alpha value is -2.38. The van der Waals surface area contributed by atoms with E-state index in [0.29, 0.717) is 31.9 Å². The number of methoxy groups -OCH3 is 1. The highest BCUT2D eigenvalue weighted by Crippen LogP contribution is 2.22. The minimum atomic E-state index is -3.51. The number of nitrogens with zero attached hydrogens (tertiary/aromatic N) is 2. The van der Waals surface area contributed by atoms with Crippen LogP contribution in [0.3, 0.4) is 0 Å². The summed E-state index contributed by atoms with van der Waals surface area (Å²) >= 11 is 0. The van der Waals surface area contributed by atoms with Crippen molar-refractivity contribution in [2.45, 2.75) is 18.2 Å². The summed E-state index contributed by atoms with van der Waals surface area (Å²) in [6.45, 7) is 3.35. The van der Waals surface area contributed by atoms with E-state index in [4.69, 9.17) is 4.74 Å². The van der Waals surface area contributed by atoms with Crippen molar-refractivity contribution in [3.05, 3.63) is 59.7 Å². The highest BCUT2D eigenvalue weighted by Gasteiger charge is 2.30. The summed E-state index contributed by atoms with van der Waals surface area (Å²) in [5, 5.41) is 0. The molecule has 2 aromatic carbocycles. The van der Waals surface area contributed by atoms with Gasteiger partial charge in [0, 0.05) is 31.7 Å². The van der Waals surface area contributed by atoms with E-state index in [1.165, 1.54) is 4.31 Å². The van der Waals surface area contributed by atoms with Crippen molar-refractivity contribution in [1.82, 2.24) is 9.21 Å². The fourth-order valence-corrected chi connectivity index (χ4v) is 4.68. The smallest absolute Gasteiger partial charge is 0.243 e. The zero-order valence-corrected chi connectivity index (χ0v) is 16.4. The van der Waals surface area contributed by atoms with Crippen LogP contribution < -0.4 is 4.74 Å². The fraction of sp³-hybridized carbons (Fsp3) is 0.350. The molecule has 2 aromatic rings. The lowest BCUT2D eigenvalue weighted by molar-refractivity contribution is -0.131. The lowest BCUT2D eigenvalue weighted by atomic mass is 10.1. The minimum Gasteiger partial charge on any atom is -0.496 e. The Balaban J connectivity index is 1.64. The molecule has 3 rings (SSSR count). The number of sulfonamides is 1. The van der Waals surface area contributed by atoms with E-state index in [0.717, 1.165) is 11.1 Å². The van der Waals surface area contributed by atoms with Gasteiger partial charge in [-0.05, 0) is 25.1 Å². The Morgan fingerprint density at radius 2 is 1.70 bits per heavy atom. The average Bonchev–Trinajstić information content (AvgIpc) is 2.69. The Labute approximate surface area is 160 Å². The number of aryl methyl sites for hydroxylation is 1. The van der Waals surface area contributed by atoms with Crippen molar-refractivity contribution in [1.29, 1.82) is 0 Å². The third kappa shape index (κ3) is 4.31. The summed E-state index contributed by atoms with van der Waals surface area (Å²) < 4.78 is 32.1. The maximum Gasteiger partial charge on any atom is 0.243 e. The molecule has 1 heterocycles. The number of carbonyl (C=O) groups is 1. The van der Waals surface area contributed by atoms with Crippen LogP contribution in [0.15, 0.2) is 53.4 Å². The molecule has 0 bridgehead atoms. The quantitative estimate of drug-likeness (QED) is 0.787. The van der Waals surface area contributed by atoms with Crippen molar-refractivity contribution < 1.29 is 17.9 Å². The number of hydrogen-bond donors (Lipinski definition) is 0. The van der Waals surface area contributed by atoms with Gasteiger partial charge in [0.1, 0.15) is 5.75 Å². The molecule has 1 aliphatic rings. The van der Waals surface area contributed by atoms with Crippen LogP contribution in [-0.4, -0.2) is 56.8 Å². The molecule has 0 unspecified atom stereocenters. The van der Waals surface area contributed by atoms with Crippen molar-refractivity contribution in [3.8, 4) is 5.75 Å². The second kappa shape index (κ2) is 8.10. The van der Waals surface area contributed by atoms with Gasteiger partial charge in [0.05, 0.1) is 18.4 Å². The largest absolute Gasteiger partial charge is 0.496 e. The third-order valence-electron chi connectivity index (χ3n) is 4.75. The van der Waals surface area contributed by atoms with Crippen LogP contribution in [0, 0.1) is 6.92 Å². The zero-order valence-electron chi connectivity index (χ0n) is 15.6. The topological polar surface area (TPSA) is 66.9 Å². The van der Waals surface area contributed by atoms with Crippen molar-refractivity contribution in [3.63, 3.8) is 0 Å². The predicted molar refractivity (Wildman–Crippen MR) is 103 cm³/mol. The van der Waals surface area contributed by atoms with Crippen molar-refractivity contribution >= 4 is 15.9 Å². The number of hydrogen-bond acceptors (Lipinski definition) is 4. The molecular weight excluding hydrogens is 364 g/mol. The van der Waals surface area contributed by atoms with Gasteiger partial charge in [-0.3, -0.25) is 4.79 Å². The highest BCUT2D eigenvalue weighted by atomic mass is 32.2. The van der Waals surface area contributed by atoms with Crippen LogP contribution in [0.5, 0.6) is 5.75 Å². The first-order chi connectivity index (χ1) is 12.9. The molecule has 6 nitrogen and oxygen atoms in total. The number of ether oxygens (including phenoxy) is 1. The molecule has 144 valence electrons. The number of benzene rings is 2. The van der Waals surface area contributed by atoms with E-state index in [2.05, 4.69) is 0 Å². The second-order valence-electron chi connectivity index (χ2n) is 6.59. The Morgan fingerprint density at radius 1 is 1.04 bits per heavy atom. The number of piperazine rings is 1. The maximum absolute atomic E-state index is 12.7. The summed E-state index contributed by atoms with van der Waals surface area (Å²) in [6, 6.07) is 14.2. The van der Waals surface area contributed by atoms with Crippen LogP contribution in [0.2, 0.25) is 0 Å². The summed E-state index contributed by atoms with van der Waals surface area (Å²) in [4.78, 5) is 14.7. The van der Waals surface area contributed by atoms with Crippen LogP contribution in [0.4, 0.5) is 0 Å². The normalized spacial score (nSPS) is 15.6. The van der Waals surface area contributed by atoms with Crippen molar-refractivity contribution in [2.24, 2.45) is 0 Å². The predicted octanol–water partition coefficient (Wildman–Crippen LogP) is 2.08. The van der Waals surface area contributed by atoms with Crippen LogP contribution >= 0.6 is 0 Å². The Kier molecular flexibility index (Phi) is 5.82. The van der Waals surface area contributed by atoms with Gasteiger partial charge in [0.2, 0.25) is 15.9 Å². The number of amides is 1. The second-order valence-corrected chi connectivity index (χ2v) is 8.53. The van der Waals surface area contributed by atoms with Gasteiger partial charge in [0.15, 0.2) is 0 Å². The van der Waals surface area contributed by atoms with E-state index >= 15 is 0 Å². The van der Waals surface area contributed by atoms with Crippen molar-refractivity contribution in [2.75, 3.05) is 33.3 Å². The molecule has 0 aliphatic carbocycles. The Morgan fingerprint density at radius 3 is 2.33 bits per heavy atom. The van der Waals surface area contributed by atoms with E-state index < -0.39 is 10.0 Å². The monoisotopic (exact) mass is 388 g/mol. The van der Waals surface area contributed by atoms with Gasteiger partial charge in [-0.25, -0.2) is 8.42 Å². The maximum atomic E-state index is 12.7. The molecule has 0 radical (unpaired) electrons. The minimum absolute atomic E-state index is 0.0179. The molecule has 0 saturated carbocycles. The Bertz CT molecular complexity index is 905. The standard InChI is InChI=1S/C20H24N2O4S/c1-16-8-9-19(26-2)17(14-16)15-20(23)21-10-12-22(13-11-21)27(24,25)18-6-4-3-5-7-18/h3-9,14H,10-13,15H2,1-2H3. The van der Waals surface area contributed by atoms with E-state index in [1.54, 1.807) is 42.3 Å². The summed E-state index contributed by atoms with van der Waals surface area (Å²) in [6.07, 6.45) is 0.246. The zero-order chi connectivity index (χ0) is 19.4. The van der Waals surface area contributed by atoms with Gasteiger partial charge in [-0.1, -0.05) is 35.9 Å². The van der Waals surface area contributed by atoms with Crippen LogP contribution in [0.25, 0.3) is 0 Å². The van der Waals surface area contributed by atoms with Gasteiger partial charge in [0.25, 0.3) is 0 Å². The summed E-state index contributed by atoms with van der Waals surface area (Å²) in [5.74, 6) is 0.676. The van der Waals surface area contributed by atoms with Crippen LogP contribution in [0.1, 0.15) is 11.1 Å². The summed E-state index contributed by atoms with van der Waals surface area (Å²) in [7, 11) is -1.92. The van der Waals surface area contributed by atoms with Crippen LogP contribution in [-0.2, 0) is 21.2 Å². The molecule has 0 atom stereocenters. The third-order valence-corrected chi connectivity index (χ3v) is 6.66. The molecule has 0 N–H and O–H groups in total. The number of carbonyl (C=O) groups excluding carboxylic acids is 1. The molecule has 27 heavy (non-hydrogen) atoms. The van der Waals surface area contributed by atoms with E-state index in [1.807, 2.05) is 25.1 Å². The first-order valence-electron chi connectivity index (χ1n) is 8.88. The lowest BCUT2D eigenvalue weighted by Crippen LogP contribution is -2.50. The highest BCUT2D eigenvalue weighted by molar-refractivity contribution is 7.89. The molecule has 1 saturated heterocycles. The van der Waals surface area contributed by atoms with Gasteiger partial charge in [-0.2, -0.15) is 4.31 Å². The number of rotatable bonds is 5. The van der Waals surface area contributed by atoms with Gasteiger partial charge < -0.3 is 9.64 Å². The molecular formula is C20H24N2O4S. The molecule has 0 aromatic heterocycles. The molecule has 1 amide bonds. The average molecular weight is 388 g/mol. The lowest BCUT2D eigenvalue weighted by Gasteiger charge is -2.34. The SMILES string of the molecule is COc1ccc(C)cc1CC(=O)N1CCN(S(=O)(=O)c2ccccc2)CC1. The molecule has 0 spiro atoms. The molecule has 7 heteroatoms.